The van der Waals surface area contributed by atoms with Gasteiger partial charge < -0.3 is 5.32 Å². The predicted octanol–water partition coefficient (Wildman–Crippen LogP) is 2.34. The standard InChI is InChI=1S/C15H23NO2S/c1-12(16-2)5-4-10-19(17,18)15-9-8-13-6-3-7-14(13)11-15/h8-9,11-12,16H,3-7,10H2,1-2H3. The highest BCUT2D eigenvalue weighted by atomic mass is 32.2. The summed E-state index contributed by atoms with van der Waals surface area (Å²) in [5.74, 6) is 0.248. The van der Waals surface area contributed by atoms with Crippen molar-refractivity contribution < 1.29 is 8.42 Å². The maximum atomic E-state index is 12.3. The summed E-state index contributed by atoms with van der Waals surface area (Å²) < 4.78 is 24.6. The van der Waals surface area contributed by atoms with E-state index < -0.39 is 9.84 Å². The fraction of sp³-hybridized carbons (Fsp3) is 0.600. The number of rotatable bonds is 6. The number of aryl methyl sites for hydroxylation is 2. The zero-order valence-corrected chi connectivity index (χ0v) is 12.6. The van der Waals surface area contributed by atoms with Gasteiger partial charge in [0, 0.05) is 6.04 Å². The van der Waals surface area contributed by atoms with E-state index >= 15 is 0 Å². The fourth-order valence-corrected chi connectivity index (χ4v) is 3.96. The summed E-state index contributed by atoms with van der Waals surface area (Å²) >= 11 is 0. The molecule has 0 saturated carbocycles. The molecule has 0 radical (unpaired) electrons. The Balaban J connectivity index is 2.03. The number of fused-ring (bicyclic) bond motifs is 1. The zero-order valence-electron chi connectivity index (χ0n) is 11.8. The van der Waals surface area contributed by atoms with Crippen molar-refractivity contribution in [2.45, 2.75) is 50.0 Å². The molecule has 0 fully saturated rings. The molecule has 0 amide bonds. The molecule has 1 N–H and O–H groups in total. The molecule has 0 bridgehead atoms. The van der Waals surface area contributed by atoms with Gasteiger partial charge in [-0.15, -0.1) is 0 Å². The smallest absolute Gasteiger partial charge is 0.178 e. The second-order valence-electron chi connectivity index (χ2n) is 5.43. The van der Waals surface area contributed by atoms with E-state index in [2.05, 4.69) is 12.2 Å². The van der Waals surface area contributed by atoms with E-state index in [-0.39, 0.29) is 5.75 Å². The van der Waals surface area contributed by atoms with Crippen molar-refractivity contribution in [3.63, 3.8) is 0 Å². The van der Waals surface area contributed by atoms with Crippen LogP contribution >= 0.6 is 0 Å². The number of benzene rings is 1. The average molecular weight is 281 g/mol. The van der Waals surface area contributed by atoms with Crippen molar-refractivity contribution >= 4 is 9.84 Å². The van der Waals surface area contributed by atoms with Crippen LogP contribution in [0.15, 0.2) is 23.1 Å². The van der Waals surface area contributed by atoms with Gasteiger partial charge in [-0.3, -0.25) is 0 Å². The van der Waals surface area contributed by atoms with E-state index in [1.807, 2.05) is 19.2 Å². The molecule has 0 heterocycles. The van der Waals surface area contributed by atoms with Crippen molar-refractivity contribution in [1.29, 1.82) is 0 Å². The summed E-state index contributed by atoms with van der Waals surface area (Å²) in [6, 6.07) is 6.03. The Labute approximate surface area is 116 Å². The van der Waals surface area contributed by atoms with Crippen molar-refractivity contribution in [3.05, 3.63) is 29.3 Å². The molecule has 106 valence electrons. The predicted molar refractivity (Wildman–Crippen MR) is 78.3 cm³/mol. The van der Waals surface area contributed by atoms with Crippen LogP contribution in [-0.4, -0.2) is 27.3 Å². The van der Waals surface area contributed by atoms with E-state index in [1.54, 1.807) is 6.07 Å². The van der Waals surface area contributed by atoms with Gasteiger partial charge in [-0.25, -0.2) is 8.42 Å². The van der Waals surface area contributed by atoms with Gasteiger partial charge >= 0.3 is 0 Å². The molecule has 1 atom stereocenters. The Morgan fingerprint density at radius 2 is 2.00 bits per heavy atom. The normalized spacial score (nSPS) is 16.3. The Morgan fingerprint density at radius 1 is 1.26 bits per heavy atom. The summed E-state index contributed by atoms with van der Waals surface area (Å²) in [5.41, 5.74) is 2.55. The quantitative estimate of drug-likeness (QED) is 0.870. The van der Waals surface area contributed by atoms with Crippen LogP contribution in [0, 0.1) is 0 Å². The molecular weight excluding hydrogens is 258 g/mol. The lowest BCUT2D eigenvalue weighted by molar-refractivity contribution is 0.548. The van der Waals surface area contributed by atoms with Gasteiger partial charge in [0.05, 0.1) is 10.6 Å². The first-order valence-corrected chi connectivity index (χ1v) is 8.70. The monoisotopic (exact) mass is 281 g/mol. The molecular formula is C15H23NO2S. The average Bonchev–Trinajstić information content (AvgIpc) is 2.85. The minimum Gasteiger partial charge on any atom is -0.317 e. The number of hydrogen-bond acceptors (Lipinski definition) is 3. The number of sulfone groups is 1. The summed E-state index contributed by atoms with van der Waals surface area (Å²) in [4.78, 5) is 0.505. The Morgan fingerprint density at radius 3 is 2.74 bits per heavy atom. The second-order valence-corrected chi connectivity index (χ2v) is 7.54. The van der Waals surface area contributed by atoms with Crippen LogP contribution in [0.25, 0.3) is 0 Å². The molecule has 0 aliphatic heterocycles. The molecule has 1 aromatic rings. The maximum absolute atomic E-state index is 12.3. The third-order valence-corrected chi connectivity index (χ3v) is 5.77. The van der Waals surface area contributed by atoms with Gasteiger partial charge in [-0.1, -0.05) is 6.07 Å². The number of hydrogen-bond donors (Lipinski definition) is 1. The fourth-order valence-electron chi connectivity index (χ4n) is 2.58. The zero-order chi connectivity index (χ0) is 13.9. The molecule has 0 spiro atoms. The minimum atomic E-state index is -3.11. The molecule has 1 aliphatic carbocycles. The first-order valence-electron chi connectivity index (χ1n) is 7.05. The second kappa shape index (κ2) is 6.06. The topological polar surface area (TPSA) is 46.2 Å². The SMILES string of the molecule is CNC(C)CCCS(=O)(=O)c1ccc2c(c1)CCC2. The highest BCUT2D eigenvalue weighted by Crippen LogP contribution is 2.25. The van der Waals surface area contributed by atoms with Crippen molar-refractivity contribution in [1.82, 2.24) is 5.32 Å². The largest absolute Gasteiger partial charge is 0.317 e. The molecule has 0 aromatic heterocycles. The molecule has 0 saturated heterocycles. The van der Waals surface area contributed by atoms with Gasteiger partial charge in [0.25, 0.3) is 0 Å². The van der Waals surface area contributed by atoms with Gasteiger partial charge in [0.1, 0.15) is 0 Å². The van der Waals surface area contributed by atoms with Crippen LogP contribution in [0.2, 0.25) is 0 Å². The molecule has 19 heavy (non-hydrogen) atoms. The van der Waals surface area contributed by atoms with Gasteiger partial charge in [0.2, 0.25) is 0 Å². The van der Waals surface area contributed by atoms with Crippen molar-refractivity contribution in [3.8, 4) is 0 Å². The van der Waals surface area contributed by atoms with Crippen LogP contribution < -0.4 is 5.32 Å². The van der Waals surface area contributed by atoms with Crippen LogP contribution in [0.1, 0.15) is 37.3 Å². The maximum Gasteiger partial charge on any atom is 0.178 e. The summed E-state index contributed by atoms with van der Waals surface area (Å²) in [6.45, 7) is 2.07. The van der Waals surface area contributed by atoms with E-state index in [1.165, 1.54) is 11.1 Å². The summed E-state index contributed by atoms with van der Waals surface area (Å²) in [5, 5.41) is 3.13. The third-order valence-electron chi connectivity index (χ3n) is 3.97. The summed E-state index contributed by atoms with van der Waals surface area (Å²) in [6.07, 6.45) is 4.87. The Kier molecular flexibility index (Phi) is 4.63. The lowest BCUT2D eigenvalue weighted by atomic mass is 10.1. The van der Waals surface area contributed by atoms with Gasteiger partial charge in [0.15, 0.2) is 9.84 Å². The van der Waals surface area contributed by atoms with Crippen molar-refractivity contribution in [2.24, 2.45) is 0 Å². The van der Waals surface area contributed by atoms with E-state index in [4.69, 9.17) is 0 Å². The Hall–Kier alpha value is -0.870. The van der Waals surface area contributed by atoms with E-state index in [9.17, 15) is 8.42 Å². The first-order chi connectivity index (χ1) is 9.03. The molecule has 1 unspecified atom stereocenters. The third kappa shape index (κ3) is 3.57. The van der Waals surface area contributed by atoms with Crippen LogP contribution in [-0.2, 0) is 22.7 Å². The highest BCUT2D eigenvalue weighted by Gasteiger charge is 2.18. The first kappa shape index (κ1) is 14.5. The molecule has 1 aromatic carbocycles. The summed E-state index contributed by atoms with van der Waals surface area (Å²) in [7, 11) is -1.21. The van der Waals surface area contributed by atoms with Crippen LogP contribution in [0.4, 0.5) is 0 Å². The van der Waals surface area contributed by atoms with E-state index in [0.29, 0.717) is 17.4 Å². The van der Waals surface area contributed by atoms with Crippen molar-refractivity contribution in [2.75, 3.05) is 12.8 Å². The van der Waals surface area contributed by atoms with Crippen LogP contribution in [0.3, 0.4) is 0 Å². The molecule has 3 nitrogen and oxygen atoms in total. The molecule has 1 aliphatic rings. The lowest BCUT2D eigenvalue weighted by Crippen LogP contribution is -2.22. The number of nitrogens with one attached hydrogen (secondary N) is 1. The highest BCUT2D eigenvalue weighted by molar-refractivity contribution is 7.91. The Bertz CT molecular complexity index is 537. The van der Waals surface area contributed by atoms with Crippen LogP contribution in [0.5, 0.6) is 0 Å². The molecule has 4 heteroatoms. The minimum absolute atomic E-state index is 0.248. The van der Waals surface area contributed by atoms with E-state index in [0.717, 1.165) is 25.7 Å². The lowest BCUT2D eigenvalue weighted by Gasteiger charge is -2.10. The van der Waals surface area contributed by atoms with Gasteiger partial charge in [-0.2, -0.15) is 0 Å². The van der Waals surface area contributed by atoms with Gasteiger partial charge in [-0.05, 0) is 69.3 Å². The molecule has 2 rings (SSSR count).